The fraction of sp³-hybridized carbons (Fsp3) is 0.370. The molecule has 1 amide bonds. The van der Waals surface area contributed by atoms with Crippen LogP contribution in [0.25, 0.3) is 0 Å². The quantitative estimate of drug-likeness (QED) is 0.403. The number of benzene rings is 2. The van der Waals surface area contributed by atoms with Crippen LogP contribution in [0, 0.1) is 17.6 Å². The van der Waals surface area contributed by atoms with Gasteiger partial charge in [0.25, 0.3) is 5.91 Å². The van der Waals surface area contributed by atoms with E-state index in [2.05, 4.69) is 4.98 Å². The van der Waals surface area contributed by atoms with Gasteiger partial charge in [-0.3, -0.25) is 14.5 Å². The van der Waals surface area contributed by atoms with Crippen LogP contribution in [0.1, 0.15) is 47.3 Å². The Morgan fingerprint density at radius 1 is 1.08 bits per heavy atom. The number of ether oxygens (including phenoxy) is 1. The molecular formula is C27H29F2N3O4. The molecule has 0 atom stereocenters. The molecule has 0 bridgehead atoms. The van der Waals surface area contributed by atoms with Crippen molar-refractivity contribution in [2.45, 2.75) is 39.4 Å². The van der Waals surface area contributed by atoms with Crippen molar-refractivity contribution in [1.29, 1.82) is 0 Å². The Bertz CT molecular complexity index is 1180. The fourth-order valence-electron chi connectivity index (χ4n) is 4.31. The summed E-state index contributed by atoms with van der Waals surface area (Å²) < 4.78 is 38.4. The van der Waals surface area contributed by atoms with E-state index in [1.165, 1.54) is 18.4 Å². The minimum absolute atomic E-state index is 0.187. The highest BCUT2D eigenvalue weighted by molar-refractivity contribution is 5.92. The summed E-state index contributed by atoms with van der Waals surface area (Å²) in [4.78, 5) is 32.9. The molecule has 2 heterocycles. The first-order valence-electron chi connectivity index (χ1n) is 12.0. The average molecular weight is 498 g/mol. The van der Waals surface area contributed by atoms with E-state index >= 15 is 0 Å². The highest BCUT2D eigenvalue weighted by Crippen LogP contribution is 2.21. The van der Waals surface area contributed by atoms with Crippen LogP contribution in [0.15, 0.2) is 59.2 Å². The van der Waals surface area contributed by atoms with Crippen molar-refractivity contribution in [3.63, 3.8) is 0 Å². The minimum atomic E-state index is -0.631. The van der Waals surface area contributed by atoms with E-state index in [-0.39, 0.29) is 36.6 Å². The first kappa shape index (κ1) is 25.5. The van der Waals surface area contributed by atoms with E-state index in [1.807, 2.05) is 35.2 Å². The second-order valence-electron chi connectivity index (χ2n) is 8.81. The van der Waals surface area contributed by atoms with E-state index in [1.54, 1.807) is 11.8 Å². The maximum absolute atomic E-state index is 14.3. The molecule has 9 heteroatoms. The summed E-state index contributed by atoms with van der Waals surface area (Å²) in [5.41, 5.74) is 1.54. The molecule has 0 aliphatic carbocycles. The summed E-state index contributed by atoms with van der Waals surface area (Å²) in [5, 5.41) is 0. The van der Waals surface area contributed by atoms with Gasteiger partial charge in [0.1, 0.15) is 17.9 Å². The van der Waals surface area contributed by atoms with Crippen molar-refractivity contribution < 1.29 is 27.5 Å². The summed E-state index contributed by atoms with van der Waals surface area (Å²) in [6.45, 7) is 3.90. The minimum Gasteiger partial charge on any atom is -0.466 e. The molecule has 1 aromatic heterocycles. The van der Waals surface area contributed by atoms with E-state index in [9.17, 15) is 18.4 Å². The van der Waals surface area contributed by atoms with Crippen LogP contribution < -0.4 is 0 Å². The first-order valence-corrected chi connectivity index (χ1v) is 12.0. The molecule has 2 aromatic carbocycles. The average Bonchev–Trinajstić information content (AvgIpc) is 3.34. The maximum atomic E-state index is 14.3. The summed E-state index contributed by atoms with van der Waals surface area (Å²) in [6.07, 6.45) is 2.42. The van der Waals surface area contributed by atoms with Crippen molar-refractivity contribution in [2.24, 2.45) is 5.92 Å². The van der Waals surface area contributed by atoms with Gasteiger partial charge < -0.3 is 14.1 Å². The molecule has 1 aliphatic heterocycles. The van der Waals surface area contributed by atoms with Crippen LogP contribution in [0.5, 0.6) is 0 Å². The number of esters is 1. The molecule has 4 rings (SSSR count). The zero-order valence-electron chi connectivity index (χ0n) is 20.2. The molecule has 1 saturated heterocycles. The number of nitrogens with zero attached hydrogens (tertiary/aromatic N) is 3. The van der Waals surface area contributed by atoms with Gasteiger partial charge in [-0.2, -0.15) is 0 Å². The smallest absolute Gasteiger partial charge is 0.309 e. The summed E-state index contributed by atoms with van der Waals surface area (Å²) >= 11 is 0. The number of halogens is 2. The van der Waals surface area contributed by atoms with Crippen molar-refractivity contribution in [2.75, 3.05) is 19.7 Å². The number of hydrogen-bond donors (Lipinski definition) is 0. The molecule has 7 nitrogen and oxygen atoms in total. The zero-order valence-corrected chi connectivity index (χ0v) is 20.2. The number of rotatable bonds is 9. The number of likely N-dealkylation sites (tertiary alicyclic amines) is 1. The molecule has 0 saturated carbocycles. The number of aromatic nitrogens is 1. The summed E-state index contributed by atoms with van der Waals surface area (Å²) in [5.74, 6) is -1.61. The molecule has 190 valence electrons. The lowest BCUT2D eigenvalue weighted by molar-refractivity contribution is -0.149. The number of carbonyl (C=O) groups excluding carboxylic acids is 2. The molecule has 1 aliphatic rings. The topological polar surface area (TPSA) is 75.9 Å². The Morgan fingerprint density at radius 3 is 2.53 bits per heavy atom. The molecule has 0 unspecified atom stereocenters. The Morgan fingerprint density at radius 2 is 1.83 bits per heavy atom. The predicted octanol–water partition coefficient (Wildman–Crippen LogP) is 4.57. The lowest BCUT2D eigenvalue weighted by Crippen LogP contribution is -2.40. The van der Waals surface area contributed by atoms with Crippen molar-refractivity contribution in [3.05, 3.63) is 89.1 Å². The molecular weight excluding hydrogens is 468 g/mol. The zero-order chi connectivity index (χ0) is 25.5. The van der Waals surface area contributed by atoms with Crippen molar-refractivity contribution >= 4 is 11.9 Å². The molecule has 3 aromatic rings. The lowest BCUT2D eigenvalue weighted by atomic mass is 9.97. The maximum Gasteiger partial charge on any atom is 0.309 e. The first-order chi connectivity index (χ1) is 17.4. The number of amides is 1. The van der Waals surface area contributed by atoms with Gasteiger partial charge in [-0.15, -0.1) is 0 Å². The molecule has 0 spiro atoms. The predicted molar refractivity (Wildman–Crippen MR) is 128 cm³/mol. The van der Waals surface area contributed by atoms with E-state index in [0.717, 1.165) is 11.6 Å². The Labute approximate surface area is 208 Å². The third kappa shape index (κ3) is 6.54. The van der Waals surface area contributed by atoms with Gasteiger partial charge >= 0.3 is 5.97 Å². The Kier molecular flexibility index (Phi) is 8.43. The Hall–Kier alpha value is -3.59. The summed E-state index contributed by atoms with van der Waals surface area (Å²) in [7, 11) is 0. The van der Waals surface area contributed by atoms with Gasteiger partial charge in [-0.1, -0.05) is 36.4 Å². The standard InChI is InChI=1S/C27H29F2N3O4/c1-2-35-27(34)20-10-12-32(13-11-20)26(33)24-18-36-25(30-24)17-31(15-19-6-4-3-5-7-19)16-21-8-9-22(28)14-23(21)29/h3-9,14,18,20H,2,10-13,15-17H2,1H3. The highest BCUT2D eigenvalue weighted by Gasteiger charge is 2.30. The van der Waals surface area contributed by atoms with Gasteiger partial charge in [-0.05, 0) is 31.4 Å². The fourth-order valence-corrected chi connectivity index (χ4v) is 4.31. The third-order valence-electron chi connectivity index (χ3n) is 6.19. The largest absolute Gasteiger partial charge is 0.466 e. The van der Waals surface area contributed by atoms with Crippen molar-refractivity contribution in [1.82, 2.24) is 14.8 Å². The number of oxazole rings is 1. The van der Waals surface area contributed by atoms with E-state index in [4.69, 9.17) is 9.15 Å². The van der Waals surface area contributed by atoms with Crippen LogP contribution in [0.4, 0.5) is 8.78 Å². The van der Waals surface area contributed by atoms with Crippen LogP contribution in [0.3, 0.4) is 0 Å². The lowest BCUT2D eigenvalue weighted by Gasteiger charge is -2.30. The van der Waals surface area contributed by atoms with Crippen LogP contribution >= 0.6 is 0 Å². The second-order valence-corrected chi connectivity index (χ2v) is 8.81. The number of carbonyl (C=O) groups is 2. The van der Waals surface area contributed by atoms with Gasteiger partial charge in [0.15, 0.2) is 5.69 Å². The monoisotopic (exact) mass is 497 g/mol. The SMILES string of the molecule is CCOC(=O)C1CCN(C(=O)c2coc(CN(Cc3ccccc3)Cc3ccc(F)cc3F)n2)CC1. The van der Waals surface area contributed by atoms with Gasteiger partial charge in [-0.25, -0.2) is 13.8 Å². The highest BCUT2D eigenvalue weighted by atomic mass is 19.1. The van der Waals surface area contributed by atoms with Gasteiger partial charge in [0.2, 0.25) is 5.89 Å². The van der Waals surface area contributed by atoms with Gasteiger partial charge in [0, 0.05) is 37.8 Å². The van der Waals surface area contributed by atoms with Crippen LogP contribution in [-0.4, -0.2) is 46.4 Å². The van der Waals surface area contributed by atoms with Crippen LogP contribution in [-0.2, 0) is 29.2 Å². The molecule has 0 radical (unpaired) electrons. The third-order valence-corrected chi connectivity index (χ3v) is 6.19. The molecule has 36 heavy (non-hydrogen) atoms. The molecule has 0 N–H and O–H groups in total. The van der Waals surface area contributed by atoms with Gasteiger partial charge in [0.05, 0.1) is 19.1 Å². The van der Waals surface area contributed by atoms with Crippen molar-refractivity contribution in [3.8, 4) is 0 Å². The number of hydrogen-bond acceptors (Lipinski definition) is 6. The normalized spacial score (nSPS) is 14.3. The number of piperidine rings is 1. The molecule has 1 fully saturated rings. The van der Waals surface area contributed by atoms with E-state index in [0.29, 0.717) is 50.5 Å². The van der Waals surface area contributed by atoms with Crippen LogP contribution in [0.2, 0.25) is 0 Å². The second kappa shape index (κ2) is 11.9. The Balaban J connectivity index is 1.42. The summed E-state index contributed by atoms with van der Waals surface area (Å²) in [6, 6.07) is 13.2. The van der Waals surface area contributed by atoms with E-state index < -0.39 is 11.6 Å².